The van der Waals surface area contributed by atoms with Gasteiger partial charge in [0.1, 0.15) is 6.33 Å². The molecule has 5 heteroatoms. The molecule has 0 spiro atoms. The fourth-order valence-corrected chi connectivity index (χ4v) is 1.83. The van der Waals surface area contributed by atoms with Gasteiger partial charge in [-0.25, -0.2) is 9.97 Å². The first kappa shape index (κ1) is 13.5. The number of aryl methyl sites for hydroxylation is 1. The second-order valence-electron chi connectivity index (χ2n) is 4.07. The highest BCUT2D eigenvalue weighted by atomic mass is 35.5. The SMILES string of the molecule is O=C(Nc1cccc(CCCCl)c1)c1cncnc1. The van der Waals surface area contributed by atoms with Gasteiger partial charge in [-0.15, -0.1) is 11.6 Å². The Hall–Kier alpha value is -1.94. The van der Waals surface area contributed by atoms with Crippen molar-refractivity contribution in [3.05, 3.63) is 54.1 Å². The molecule has 0 saturated carbocycles. The lowest BCUT2D eigenvalue weighted by Crippen LogP contribution is -2.12. The highest BCUT2D eigenvalue weighted by Crippen LogP contribution is 2.13. The predicted octanol–water partition coefficient (Wildman–Crippen LogP) is 2.90. The Morgan fingerprint density at radius 1 is 1.26 bits per heavy atom. The number of anilines is 1. The second kappa shape index (κ2) is 6.85. The fourth-order valence-electron chi connectivity index (χ4n) is 1.70. The van der Waals surface area contributed by atoms with E-state index in [2.05, 4.69) is 15.3 Å². The summed E-state index contributed by atoms with van der Waals surface area (Å²) in [5.74, 6) is 0.424. The van der Waals surface area contributed by atoms with Gasteiger partial charge in [0.15, 0.2) is 0 Å². The first-order valence-electron chi connectivity index (χ1n) is 6.01. The lowest BCUT2D eigenvalue weighted by Gasteiger charge is -2.06. The maximum Gasteiger partial charge on any atom is 0.258 e. The standard InChI is InChI=1S/C14H14ClN3O/c15-6-2-4-11-3-1-5-13(7-11)18-14(19)12-8-16-10-17-9-12/h1,3,5,7-10H,2,4,6H2,(H,18,19). The minimum absolute atomic E-state index is 0.213. The molecule has 1 aromatic heterocycles. The third-order valence-electron chi connectivity index (χ3n) is 2.61. The molecule has 0 radical (unpaired) electrons. The molecule has 0 saturated heterocycles. The first-order valence-corrected chi connectivity index (χ1v) is 6.54. The average Bonchev–Trinajstić information content (AvgIpc) is 2.46. The van der Waals surface area contributed by atoms with E-state index in [4.69, 9.17) is 11.6 Å². The minimum Gasteiger partial charge on any atom is -0.322 e. The normalized spacial score (nSPS) is 10.2. The Morgan fingerprint density at radius 2 is 2.05 bits per heavy atom. The third-order valence-corrected chi connectivity index (χ3v) is 2.87. The largest absolute Gasteiger partial charge is 0.322 e. The van der Waals surface area contributed by atoms with Gasteiger partial charge < -0.3 is 5.32 Å². The molecule has 0 aliphatic carbocycles. The van der Waals surface area contributed by atoms with Crippen LogP contribution in [0.15, 0.2) is 43.0 Å². The van der Waals surface area contributed by atoms with Gasteiger partial charge in [0, 0.05) is 24.0 Å². The van der Waals surface area contributed by atoms with Gasteiger partial charge in [-0.2, -0.15) is 0 Å². The monoisotopic (exact) mass is 275 g/mol. The van der Waals surface area contributed by atoms with E-state index in [1.807, 2.05) is 24.3 Å². The zero-order valence-corrected chi connectivity index (χ0v) is 11.1. The number of benzene rings is 1. The van der Waals surface area contributed by atoms with Gasteiger partial charge in [0.2, 0.25) is 0 Å². The van der Waals surface area contributed by atoms with Crippen molar-refractivity contribution in [2.24, 2.45) is 0 Å². The molecule has 1 heterocycles. The van der Waals surface area contributed by atoms with Crippen molar-refractivity contribution in [1.82, 2.24) is 9.97 Å². The Bertz CT molecular complexity index is 545. The van der Waals surface area contributed by atoms with E-state index in [0.29, 0.717) is 11.4 Å². The molecule has 0 bridgehead atoms. The molecular formula is C14H14ClN3O. The Kier molecular flexibility index (Phi) is 4.86. The highest BCUT2D eigenvalue weighted by molar-refractivity contribution is 6.17. The summed E-state index contributed by atoms with van der Waals surface area (Å²) in [5, 5.41) is 2.82. The number of nitrogens with zero attached hydrogens (tertiary/aromatic N) is 2. The van der Waals surface area contributed by atoms with Gasteiger partial charge in [-0.1, -0.05) is 12.1 Å². The molecular weight excluding hydrogens is 262 g/mol. The van der Waals surface area contributed by atoms with E-state index in [0.717, 1.165) is 24.1 Å². The lowest BCUT2D eigenvalue weighted by atomic mass is 10.1. The fraction of sp³-hybridized carbons (Fsp3) is 0.214. The maximum atomic E-state index is 11.9. The van der Waals surface area contributed by atoms with Gasteiger partial charge in [0.25, 0.3) is 5.91 Å². The number of halogens is 1. The average molecular weight is 276 g/mol. The zero-order valence-electron chi connectivity index (χ0n) is 10.3. The Labute approximate surface area is 116 Å². The van der Waals surface area contributed by atoms with Crippen molar-refractivity contribution in [1.29, 1.82) is 0 Å². The number of nitrogens with one attached hydrogen (secondary N) is 1. The van der Waals surface area contributed by atoms with Gasteiger partial charge in [-0.05, 0) is 30.5 Å². The van der Waals surface area contributed by atoms with Crippen molar-refractivity contribution in [2.75, 3.05) is 11.2 Å². The van der Waals surface area contributed by atoms with Crippen LogP contribution in [0.1, 0.15) is 22.3 Å². The summed E-state index contributed by atoms with van der Waals surface area (Å²) in [6.07, 6.45) is 6.19. The number of hydrogen-bond acceptors (Lipinski definition) is 3. The molecule has 0 aliphatic rings. The van der Waals surface area contributed by atoms with Crippen LogP contribution in [0.3, 0.4) is 0 Å². The molecule has 1 N–H and O–H groups in total. The first-order chi connectivity index (χ1) is 9.29. The molecule has 0 fully saturated rings. The molecule has 1 aromatic carbocycles. The van der Waals surface area contributed by atoms with Crippen LogP contribution in [0.25, 0.3) is 0 Å². The molecule has 2 rings (SSSR count). The number of alkyl halides is 1. The van der Waals surface area contributed by atoms with Gasteiger partial charge >= 0.3 is 0 Å². The van der Waals surface area contributed by atoms with Crippen LogP contribution in [0.5, 0.6) is 0 Å². The van der Waals surface area contributed by atoms with Crippen molar-refractivity contribution in [3.8, 4) is 0 Å². The third kappa shape index (κ3) is 4.03. The summed E-state index contributed by atoms with van der Waals surface area (Å²) in [6.45, 7) is 0. The number of aromatic nitrogens is 2. The maximum absolute atomic E-state index is 11.9. The number of hydrogen-bond donors (Lipinski definition) is 1. The molecule has 1 amide bonds. The number of carbonyl (C=O) groups is 1. The molecule has 19 heavy (non-hydrogen) atoms. The van der Waals surface area contributed by atoms with Crippen LogP contribution < -0.4 is 5.32 Å². The molecule has 0 unspecified atom stereocenters. The van der Waals surface area contributed by atoms with Gasteiger partial charge in [0.05, 0.1) is 5.56 Å². The topological polar surface area (TPSA) is 54.9 Å². The van der Waals surface area contributed by atoms with Crippen molar-refractivity contribution in [2.45, 2.75) is 12.8 Å². The Balaban J connectivity index is 2.05. The summed E-state index contributed by atoms with van der Waals surface area (Å²) in [4.78, 5) is 19.6. The lowest BCUT2D eigenvalue weighted by molar-refractivity contribution is 0.102. The van der Waals surface area contributed by atoms with E-state index in [9.17, 15) is 4.79 Å². The summed E-state index contributed by atoms with van der Waals surface area (Å²) < 4.78 is 0. The second-order valence-corrected chi connectivity index (χ2v) is 4.45. The molecule has 0 atom stereocenters. The van der Waals surface area contributed by atoms with Crippen LogP contribution in [0, 0.1) is 0 Å². The summed E-state index contributed by atoms with van der Waals surface area (Å²) >= 11 is 5.67. The van der Waals surface area contributed by atoms with Crippen LogP contribution in [0.2, 0.25) is 0 Å². The highest BCUT2D eigenvalue weighted by Gasteiger charge is 2.06. The quantitative estimate of drug-likeness (QED) is 0.854. The van der Waals surface area contributed by atoms with Crippen molar-refractivity contribution >= 4 is 23.2 Å². The molecule has 2 aromatic rings. The Morgan fingerprint density at radius 3 is 2.79 bits per heavy atom. The predicted molar refractivity (Wildman–Crippen MR) is 75.5 cm³/mol. The van der Waals surface area contributed by atoms with Crippen molar-refractivity contribution in [3.63, 3.8) is 0 Å². The molecule has 4 nitrogen and oxygen atoms in total. The summed E-state index contributed by atoms with van der Waals surface area (Å²) in [5.41, 5.74) is 2.36. The minimum atomic E-state index is -0.213. The van der Waals surface area contributed by atoms with Crippen LogP contribution in [-0.2, 0) is 6.42 Å². The molecule has 98 valence electrons. The van der Waals surface area contributed by atoms with Gasteiger partial charge in [-0.3, -0.25) is 4.79 Å². The molecule has 0 aliphatic heterocycles. The van der Waals surface area contributed by atoms with Crippen LogP contribution in [-0.4, -0.2) is 21.8 Å². The number of amides is 1. The van der Waals surface area contributed by atoms with E-state index in [1.165, 1.54) is 18.7 Å². The van der Waals surface area contributed by atoms with E-state index in [-0.39, 0.29) is 5.91 Å². The number of carbonyl (C=O) groups excluding carboxylic acids is 1. The van der Waals surface area contributed by atoms with E-state index < -0.39 is 0 Å². The van der Waals surface area contributed by atoms with E-state index >= 15 is 0 Å². The van der Waals surface area contributed by atoms with E-state index in [1.54, 1.807) is 0 Å². The van der Waals surface area contributed by atoms with Crippen LogP contribution in [0.4, 0.5) is 5.69 Å². The summed E-state index contributed by atoms with van der Waals surface area (Å²) in [7, 11) is 0. The van der Waals surface area contributed by atoms with Crippen molar-refractivity contribution < 1.29 is 4.79 Å². The summed E-state index contributed by atoms with van der Waals surface area (Å²) in [6, 6.07) is 7.74. The number of rotatable bonds is 5. The smallest absolute Gasteiger partial charge is 0.258 e. The zero-order chi connectivity index (χ0) is 13.5. The van der Waals surface area contributed by atoms with Crippen LogP contribution >= 0.6 is 11.6 Å².